The van der Waals surface area contributed by atoms with Gasteiger partial charge in [0.15, 0.2) is 0 Å². The molecule has 0 radical (unpaired) electrons. The predicted octanol–water partition coefficient (Wildman–Crippen LogP) is 4.44. The number of benzene rings is 1. The van der Waals surface area contributed by atoms with Gasteiger partial charge in [0.1, 0.15) is 11.6 Å². The van der Waals surface area contributed by atoms with Gasteiger partial charge in [-0.05, 0) is 48.4 Å². The van der Waals surface area contributed by atoms with Crippen LogP contribution >= 0.6 is 11.3 Å². The minimum absolute atomic E-state index is 0.0604. The molecule has 4 heteroatoms. The van der Waals surface area contributed by atoms with Gasteiger partial charge in [0.2, 0.25) is 0 Å². The molecule has 2 atom stereocenters. The van der Waals surface area contributed by atoms with Crippen LogP contribution in [0.15, 0.2) is 35.0 Å². The quantitative estimate of drug-likeness (QED) is 0.863. The van der Waals surface area contributed by atoms with Crippen molar-refractivity contribution in [2.45, 2.75) is 25.9 Å². The Morgan fingerprint density at radius 2 is 1.72 bits per heavy atom. The predicted molar refractivity (Wildman–Crippen MR) is 70.6 cm³/mol. The molecular weight excluding hydrogens is 252 g/mol. The number of hydrogen-bond acceptors (Lipinski definition) is 2. The molecule has 0 aliphatic heterocycles. The first-order chi connectivity index (χ1) is 8.59. The van der Waals surface area contributed by atoms with Crippen LogP contribution in [0, 0.1) is 11.6 Å². The Hall–Kier alpha value is -1.26. The maximum absolute atomic E-state index is 13.6. The standard InChI is InChI=1S/C14H15F2NS/c1-9(11-6-7-18-8-11)17-10(2)14-12(15)4-3-5-13(14)16/h3-10,17H,1-2H3. The zero-order valence-corrected chi connectivity index (χ0v) is 11.1. The fourth-order valence-electron chi connectivity index (χ4n) is 2.00. The average Bonchev–Trinajstić information content (AvgIpc) is 2.81. The van der Waals surface area contributed by atoms with Crippen LogP contribution in [0.5, 0.6) is 0 Å². The molecule has 0 saturated carbocycles. The minimum atomic E-state index is -0.507. The van der Waals surface area contributed by atoms with E-state index in [9.17, 15) is 8.78 Å². The number of hydrogen-bond donors (Lipinski definition) is 1. The van der Waals surface area contributed by atoms with Crippen molar-refractivity contribution in [3.63, 3.8) is 0 Å². The van der Waals surface area contributed by atoms with E-state index in [1.54, 1.807) is 18.3 Å². The van der Waals surface area contributed by atoms with Crippen LogP contribution in [-0.2, 0) is 0 Å². The molecule has 0 amide bonds. The SMILES string of the molecule is CC(NC(C)c1c(F)cccc1F)c1ccsc1. The number of rotatable bonds is 4. The molecule has 1 aromatic carbocycles. The smallest absolute Gasteiger partial charge is 0.130 e. The zero-order chi connectivity index (χ0) is 13.1. The summed E-state index contributed by atoms with van der Waals surface area (Å²) in [7, 11) is 0. The molecule has 2 unspecified atom stereocenters. The summed E-state index contributed by atoms with van der Waals surface area (Å²) in [6.07, 6.45) is 0. The van der Waals surface area contributed by atoms with E-state index >= 15 is 0 Å². The maximum Gasteiger partial charge on any atom is 0.130 e. The van der Waals surface area contributed by atoms with Gasteiger partial charge < -0.3 is 5.32 Å². The summed E-state index contributed by atoms with van der Waals surface area (Å²) in [5.74, 6) is -1.01. The highest BCUT2D eigenvalue weighted by Crippen LogP contribution is 2.24. The lowest BCUT2D eigenvalue weighted by molar-refractivity contribution is 0.450. The highest BCUT2D eigenvalue weighted by molar-refractivity contribution is 7.07. The molecule has 2 aromatic rings. The number of thiophene rings is 1. The Morgan fingerprint density at radius 3 is 2.28 bits per heavy atom. The molecule has 0 aliphatic carbocycles. The van der Waals surface area contributed by atoms with E-state index in [1.807, 2.05) is 23.8 Å². The lowest BCUT2D eigenvalue weighted by Crippen LogP contribution is -2.23. The fourth-order valence-corrected chi connectivity index (χ4v) is 2.75. The van der Waals surface area contributed by atoms with Crippen molar-refractivity contribution in [2.24, 2.45) is 0 Å². The van der Waals surface area contributed by atoms with E-state index in [-0.39, 0.29) is 17.6 Å². The first-order valence-electron chi connectivity index (χ1n) is 5.81. The maximum atomic E-state index is 13.6. The van der Waals surface area contributed by atoms with Gasteiger partial charge in [0.25, 0.3) is 0 Å². The Kier molecular flexibility index (Phi) is 4.09. The topological polar surface area (TPSA) is 12.0 Å². The normalized spacial score (nSPS) is 14.4. The number of nitrogens with one attached hydrogen (secondary N) is 1. The van der Waals surface area contributed by atoms with Gasteiger partial charge in [-0.1, -0.05) is 6.07 Å². The molecule has 0 spiro atoms. The van der Waals surface area contributed by atoms with E-state index in [4.69, 9.17) is 0 Å². The third kappa shape index (κ3) is 2.76. The lowest BCUT2D eigenvalue weighted by Gasteiger charge is -2.20. The lowest BCUT2D eigenvalue weighted by atomic mass is 10.0. The summed E-state index contributed by atoms with van der Waals surface area (Å²) in [4.78, 5) is 0. The van der Waals surface area contributed by atoms with Crippen molar-refractivity contribution >= 4 is 11.3 Å². The van der Waals surface area contributed by atoms with Gasteiger partial charge in [-0.3, -0.25) is 0 Å². The third-order valence-corrected chi connectivity index (χ3v) is 3.68. The van der Waals surface area contributed by atoms with Crippen molar-refractivity contribution in [1.29, 1.82) is 0 Å². The van der Waals surface area contributed by atoms with E-state index in [0.717, 1.165) is 5.56 Å². The molecule has 2 rings (SSSR count). The zero-order valence-electron chi connectivity index (χ0n) is 10.3. The van der Waals surface area contributed by atoms with Gasteiger partial charge in [-0.15, -0.1) is 0 Å². The highest BCUT2D eigenvalue weighted by Gasteiger charge is 2.18. The highest BCUT2D eigenvalue weighted by atomic mass is 32.1. The van der Waals surface area contributed by atoms with E-state index in [1.165, 1.54) is 18.2 Å². The van der Waals surface area contributed by atoms with Crippen molar-refractivity contribution < 1.29 is 8.78 Å². The molecular formula is C14H15F2NS. The Labute approximate surface area is 109 Å². The van der Waals surface area contributed by atoms with Gasteiger partial charge in [-0.25, -0.2) is 8.78 Å². The Balaban J connectivity index is 2.15. The van der Waals surface area contributed by atoms with Gasteiger partial charge >= 0.3 is 0 Å². The van der Waals surface area contributed by atoms with Crippen LogP contribution in [0.1, 0.15) is 37.1 Å². The second kappa shape index (κ2) is 5.59. The Morgan fingerprint density at radius 1 is 1.06 bits per heavy atom. The molecule has 18 heavy (non-hydrogen) atoms. The largest absolute Gasteiger partial charge is 0.303 e. The third-order valence-electron chi connectivity index (χ3n) is 2.98. The molecule has 1 aromatic heterocycles. The molecule has 0 aliphatic rings. The van der Waals surface area contributed by atoms with Crippen LogP contribution in [0.2, 0.25) is 0 Å². The van der Waals surface area contributed by atoms with E-state index < -0.39 is 11.6 Å². The van der Waals surface area contributed by atoms with Crippen LogP contribution in [0.3, 0.4) is 0 Å². The molecule has 0 fully saturated rings. The summed E-state index contributed by atoms with van der Waals surface area (Å²) < 4.78 is 27.2. The van der Waals surface area contributed by atoms with Crippen LogP contribution in [0.4, 0.5) is 8.78 Å². The molecule has 1 heterocycles. The van der Waals surface area contributed by atoms with Crippen molar-refractivity contribution in [3.8, 4) is 0 Å². The van der Waals surface area contributed by atoms with Crippen molar-refractivity contribution in [2.75, 3.05) is 0 Å². The summed E-state index contributed by atoms with van der Waals surface area (Å²) in [6, 6.07) is 5.64. The van der Waals surface area contributed by atoms with E-state index in [0.29, 0.717) is 0 Å². The summed E-state index contributed by atoms with van der Waals surface area (Å²) in [5, 5.41) is 7.22. The molecule has 1 nitrogen and oxygen atoms in total. The average molecular weight is 267 g/mol. The van der Waals surface area contributed by atoms with Crippen molar-refractivity contribution in [1.82, 2.24) is 5.32 Å². The minimum Gasteiger partial charge on any atom is -0.303 e. The molecule has 0 saturated heterocycles. The molecule has 1 N–H and O–H groups in total. The summed E-state index contributed by atoms with van der Waals surface area (Å²) >= 11 is 1.61. The summed E-state index contributed by atoms with van der Waals surface area (Å²) in [5.41, 5.74) is 1.23. The Bertz CT molecular complexity index is 490. The van der Waals surface area contributed by atoms with Crippen LogP contribution in [0.25, 0.3) is 0 Å². The monoisotopic (exact) mass is 267 g/mol. The van der Waals surface area contributed by atoms with Crippen LogP contribution < -0.4 is 5.32 Å². The number of halogens is 2. The summed E-state index contributed by atoms with van der Waals surface area (Å²) in [6.45, 7) is 3.75. The van der Waals surface area contributed by atoms with E-state index in [2.05, 4.69) is 5.32 Å². The van der Waals surface area contributed by atoms with Gasteiger partial charge in [-0.2, -0.15) is 11.3 Å². The molecule has 96 valence electrons. The second-order valence-electron chi connectivity index (χ2n) is 4.30. The van der Waals surface area contributed by atoms with Gasteiger partial charge in [0.05, 0.1) is 0 Å². The molecule has 0 bridgehead atoms. The first kappa shape index (κ1) is 13.2. The second-order valence-corrected chi connectivity index (χ2v) is 5.08. The fraction of sp³-hybridized carbons (Fsp3) is 0.286. The van der Waals surface area contributed by atoms with Crippen molar-refractivity contribution in [3.05, 3.63) is 57.8 Å². The van der Waals surface area contributed by atoms with Gasteiger partial charge in [0, 0.05) is 17.6 Å². The van der Waals surface area contributed by atoms with Crippen LogP contribution in [-0.4, -0.2) is 0 Å². The first-order valence-corrected chi connectivity index (χ1v) is 6.76.